The molecule has 1 unspecified atom stereocenters. The van der Waals surface area contributed by atoms with Crippen LogP contribution in [0.2, 0.25) is 0 Å². The van der Waals surface area contributed by atoms with Crippen molar-refractivity contribution in [3.8, 4) is 0 Å². The summed E-state index contributed by atoms with van der Waals surface area (Å²) in [6.45, 7) is 3.76. The molecule has 0 aliphatic heterocycles. The minimum atomic E-state index is -0.992. The Morgan fingerprint density at radius 2 is 2.06 bits per heavy atom. The number of carbonyl (C=O) groups excluding carboxylic acids is 1. The molecule has 1 rings (SSSR count). The standard InChI is InChI=1S/C12H16F2N2O/c1-3-12(2,7-15)11(17)16-8-4-5-9(13)10(14)6-8/h4-6H,3,7,15H2,1-2H3,(H,16,17). The van der Waals surface area contributed by atoms with Crippen molar-refractivity contribution < 1.29 is 13.6 Å². The lowest BCUT2D eigenvalue weighted by molar-refractivity contribution is -0.124. The number of carbonyl (C=O) groups is 1. The van der Waals surface area contributed by atoms with Crippen molar-refractivity contribution in [3.05, 3.63) is 29.8 Å². The van der Waals surface area contributed by atoms with Gasteiger partial charge in [0.2, 0.25) is 5.91 Å². The Morgan fingerprint density at radius 3 is 2.53 bits per heavy atom. The Morgan fingerprint density at radius 1 is 1.41 bits per heavy atom. The molecule has 1 aromatic carbocycles. The third kappa shape index (κ3) is 3.00. The quantitative estimate of drug-likeness (QED) is 0.851. The second-order valence-electron chi connectivity index (χ2n) is 4.20. The Labute approximate surface area is 99.0 Å². The Kier molecular flexibility index (Phi) is 4.17. The van der Waals surface area contributed by atoms with Crippen LogP contribution in [0.1, 0.15) is 20.3 Å². The molecule has 0 aliphatic carbocycles. The fourth-order valence-electron chi connectivity index (χ4n) is 1.25. The second kappa shape index (κ2) is 5.23. The molecule has 0 spiro atoms. The largest absolute Gasteiger partial charge is 0.329 e. The monoisotopic (exact) mass is 242 g/mol. The molecule has 0 saturated carbocycles. The van der Waals surface area contributed by atoms with Crippen molar-refractivity contribution in [1.29, 1.82) is 0 Å². The van der Waals surface area contributed by atoms with Crippen LogP contribution in [-0.4, -0.2) is 12.5 Å². The average molecular weight is 242 g/mol. The van der Waals surface area contributed by atoms with Crippen LogP contribution in [0.25, 0.3) is 0 Å². The minimum Gasteiger partial charge on any atom is -0.329 e. The van der Waals surface area contributed by atoms with Crippen molar-refractivity contribution in [2.45, 2.75) is 20.3 Å². The summed E-state index contributed by atoms with van der Waals surface area (Å²) in [5.74, 6) is -2.23. The van der Waals surface area contributed by atoms with Gasteiger partial charge in [-0.3, -0.25) is 4.79 Å². The zero-order chi connectivity index (χ0) is 13.1. The van der Waals surface area contributed by atoms with Gasteiger partial charge in [0.05, 0.1) is 5.41 Å². The number of rotatable bonds is 4. The zero-order valence-electron chi connectivity index (χ0n) is 9.89. The van der Waals surface area contributed by atoms with Gasteiger partial charge in [0.1, 0.15) is 0 Å². The van der Waals surface area contributed by atoms with E-state index in [0.717, 1.165) is 12.1 Å². The van der Waals surface area contributed by atoms with E-state index in [0.29, 0.717) is 6.42 Å². The highest BCUT2D eigenvalue weighted by atomic mass is 19.2. The number of hydrogen-bond donors (Lipinski definition) is 2. The molecule has 0 aromatic heterocycles. The summed E-state index contributed by atoms with van der Waals surface area (Å²) in [6, 6.07) is 3.22. The van der Waals surface area contributed by atoms with Crippen LogP contribution in [0, 0.1) is 17.0 Å². The molecule has 1 aromatic rings. The fraction of sp³-hybridized carbons (Fsp3) is 0.417. The first-order valence-electron chi connectivity index (χ1n) is 5.39. The van der Waals surface area contributed by atoms with Gasteiger partial charge in [-0.25, -0.2) is 8.78 Å². The molecule has 5 heteroatoms. The van der Waals surface area contributed by atoms with Crippen LogP contribution >= 0.6 is 0 Å². The second-order valence-corrected chi connectivity index (χ2v) is 4.20. The van der Waals surface area contributed by atoms with Crippen LogP contribution in [0.3, 0.4) is 0 Å². The van der Waals surface area contributed by atoms with Gasteiger partial charge in [0.25, 0.3) is 0 Å². The molecule has 0 fully saturated rings. The number of amides is 1. The summed E-state index contributed by atoms with van der Waals surface area (Å²) in [6.07, 6.45) is 0.568. The Hall–Kier alpha value is -1.49. The maximum absolute atomic E-state index is 12.9. The number of hydrogen-bond acceptors (Lipinski definition) is 2. The number of anilines is 1. The summed E-state index contributed by atoms with van der Waals surface area (Å²) in [4.78, 5) is 11.9. The fourth-order valence-corrected chi connectivity index (χ4v) is 1.25. The first kappa shape index (κ1) is 13.6. The van der Waals surface area contributed by atoms with Gasteiger partial charge >= 0.3 is 0 Å². The average Bonchev–Trinajstić information content (AvgIpc) is 2.32. The first-order chi connectivity index (χ1) is 7.92. The smallest absolute Gasteiger partial charge is 0.231 e. The number of nitrogens with two attached hydrogens (primary N) is 1. The number of nitrogens with one attached hydrogen (secondary N) is 1. The molecule has 0 saturated heterocycles. The molecule has 3 N–H and O–H groups in total. The maximum atomic E-state index is 12.9. The summed E-state index contributed by atoms with van der Waals surface area (Å²) in [5.41, 5.74) is 5.05. The lowest BCUT2D eigenvalue weighted by Crippen LogP contribution is -2.39. The highest BCUT2D eigenvalue weighted by Crippen LogP contribution is 2.22. The maximum Gasteiger partial charge on any atom is 0.231 e. The van der Waals surface area contributed by atoms with Gasteiger partial charge in [-0.05, 0) is 25.5 Å². The molecular weight excluding hydrogens is 226 g/mol. The van der Waals surface area contributed by atoms with Crippen LogP contribution in [0.5, 0.6) is 0 Å². The van der Waals surface area contributed by atoms with Crippen LogP contribution in [-0.2, 0) is 4.79 Å². The molecule has 0 radical (unpaired) electrons. The minimum absolute atomic E-state index is 0.193. The normalized spacial score (nSPS) is 14.2. The van der Waals surface area contributed by atoms with Gasteiger partial charge in [0.15, 0.2) is 11.6 Å². The summed E-state index contributed by atoms with van der Waals surface area (Å²) in [7, 11) is 0. The molecule has 0 bridgehead atoms. The van der Waals surface area contributed by atoms with E-state index in [1.54, 1.807) is 6.92 Å². The number of benzene rings is 1. The van der Waals surface area contributed by atoms with Crippen molar-refractivity contribution in [2.75, 3.05) is 11.9 Å². The SMILES string of the molecule is CCC(C)(CN)C(=O)Nc1ccc(F)c(F)c1. The molecule has 0 aliphatic rings. The third-order valence-corrected chi connectivity index (χ3v) is 2.96. The molecule has 94 valence electrons. The van der Waals surface area contributed by atoms with E-state index in [-0.39, 0.29) is 18.1 Å². The molecular formula is C12H16F2N2O. The van der Waals surface area contributed by atoms with Crippen LogP contribution < -0.4 is 11.1 Å². The van der Waals surface area contributed by atoms with E-state index in [9.17, 15) is 13.6 Å². The summed E-state index contributed by atoms with van der Waals surface area (Å²) >= 11 is 0. The summed E-state index contributed by atoms with van der Waals surface area (Å²) < 4.78 is 25.6. The van der Waals surface area contributed by atoms with Crippen molar-refractivity contribution in [3.63, 3.8) is 0 Å². The molecule has 0 heterocycles. The van der Waals surface area contributed by atoms with Gasteiger partial charge in [-0.1, -0.05) is 6.92 Å². The third-order valence-electron chi connectivity index (χ3n) is 2.96. The zero-order valence-corrected chi connectivity index (χ0v) is 9.89. The highest BCUT2D eigenvalue weighted by Gasteiger charge is 2.29. The van der Waals surface area contributed by atoms with E-state index >= 15 is 0 Å². The lowest BCUT2D eigenvalue weighted by atomic mass is 9.86. The molecule has 17 heavy (non-hydrogen) atoms. The van der Waals surface area contributed by atoms with E-state index < -0.39 is 17.0 Å². The van der Waals surface area contributed by atoms with E-state index in [1.807, 2.05) is 6.92 Å². The first-order valence-corrected chi connectivity index (χ1v) is 5.39. The Bertz CT molecular complexity index is 417. The van der Waals surface area contributed by atoms with Crippen molar-refractivity contribution in [2.24, 2.45) is 11.1 Å². The van der Waals surface area contributed by atoms with Gasteiger partial charge in [-0.15, -0.1) is 0 Å². The van der Waals surface area contributed by atoms with E-state index in [1.165, 1.54) is 6.07 Å². The van der Waals surface area contributed by atoms with Gasteiger partial charge < -0.3 is 11.1 Å². The van der Waals surface area contributed by atoms with Gasteiger partial charge in [0, 0.05) is 18.3 Å². The number of halogens is 2. The lowest BCUT2D eigenvalue weighted by Gasteiger charge is -2.24. The Balaban J connectivity index is 2.84. The van der Waals surface area contributed by atoms with Crippen LogP contribution in [0.4, 0.5) is 14.5 Å². The predicted octanol–water partition coefficient (Wildman–Crippen LogP) is 2.28. The topological polar surface area (TPSA) is 55.1 Å². The van der Waals surface area contributed by atoms with Crippen molar-refractivity contribution in [1.82, 2.24) is 0 Å². The van der Waals surface area contributed by atoms with Crippen LogP contribution in [0.15, 0.2) is 18.2 Å². The molecule has 1 atom stereocenters. The molecule has 3 nitrogen and oxygen atoms in total. The molecule has 1 amide bonds. The van der Waals surface area contributed by atoms with Crippen molar-refractivity contribution >= 4 is 11.6 Å². The summed E-state index contributed by atoms with van der Waals surface area (Å²) in [5, 5.41) is 2.53. The van der Waals surface area contributed by atoms with E-state index in [2.05, 4.69) is 5.32 Å². The predicted molar refractivity (Wildman–Crippen MR) is 62.4 cm³/mol. The highest BCUT2D eigenvalue weighted by molar-refractivity contribution is 5.95. The van der Waals surface area contributed by atoms with E-state index in [4.69, 9.17) is 5.73 Å². The van der Waals surface area contributed by atoms with Gasteiger partial charge in [-0.2, -0.15) is 0 Å².